The van der Waals surface area contributed by atoms with Gasteiger partial charge in [-0.05, 0) is 85.1 Å². The quantitative estimate of drug-likeness (QED) is 0.307. The fourth-order valence-corrected chi connectivity index (χ4v) is 7.22. The van der Waals surface area contributed by atoms with E-state index in [0.29, 0.717) is 12.1 Å². The maximum atomic E-state index is 5.19. The molecule has 0 amide bonds. The van der Waals surface area contributed by atoms with Crippen LogP contribution < -0.4 is 10.6 Å². The smallest absolute Gasteiger partial charge is 0.124 e. The third-order valence-electron chi connectivity index (χ3n) is 9.57. The number of benzene rings is 2. The molecular formula is C31H32N6. The molecule has 2 saturated heterocycles. The minimum atomic E-state index is 0.388. The van der Waals surface area contributed by atoms with Crippen LogP contribution in [0.25, 0.3) is 33.6 Å². The molecule has 186 valence electrons. The van der Waals surface area contributed by atoms with Crippen molar-refractivity contribution < 1.29 is 0 Å². The van der Waals surface area contributed by atoms with E-state index < -0.39 is 0 Å². The van der Waals surface area contributed by atoms with Gasteiger partial charge in [-0.15, -0.1) is 0 Å². The Labute approximate surface area is 216 Å². The standard InChI is InChI=1S/C31H32N6/c1-2-17-6-9-19(10-22(17)29-23(3-1)35-31(37-29)27-14-21-12-25(21)34-27)16-4-7-18(8-5-16)28-15-32-30(36-28)26-13-20-11-24(20)33-26/h4-10,15,20-21,24-27,33-34H,1-3,11-14H2,(H,32,36)(H,35,37)/t20-,21-,24-,25-,26-,27-/m0/s1. The lowest BCUT2D eigenvalue weighted by Gasteiger charge is -2.11. The highest BCUT2D eigenvalue weighted by Gasteiger charge is 2.47. The van der Waals surface area contributed by atoms with Crippen molar-refractivity contribution in [2.75, 3.05) is 0 Å². The molecule has 2 aliphatic heterocycles. The molecule has 5 aliphatic rings. The van der Waals surface area contributed by atoms with E-state index in [1.807, 2.05) is 6.20 Å². The second-order valence-electron chi connectivity index (χ2n) is 12.0. The monoisotopic (exact) mass is 488 g/mol. The first-order valence-corrected chi connectivity index (χ1v) is 14.1. The molecule has 0 unspecified atom stereocenters. The fraction of sp³-hybridized carbons (Fsp3) is 0.419. The number of imidazole rings is 2. The Morgan fingerprint density at radius 1 is 0.703 bits per heavy atom. The summed E-state index contributed by atoms with van der Waals surface area (Å²) in [6, 6.07) is 18.1. The fourth-order valence-electron chi connectivity index (χ4n) is 7.22. The number of aromatic nitrogens is 4. The van der Waals surface area contributed by atoms with Crippen LogP contribution in [0.2, 0.25) is 0 Å². The highest BCUT2D eigenvalue weighted by Crippen LogP contribution is 2.47. The summed E-state index contributed by atoms with van der Waals surface area (Å²) in [5, 5.41) is 7.46. The normalized spacial score (nSPS) is 30.8. The van der Waals surface area contributed by atoms with Crippen LogP contribution in [0.5, 0.6) is 0 Å². The second-order valence-corrected chi connectivity index (χ2v) is 12.0. The molecule has 2 aromatic carbocycles. The van der Waals surface area contributed by atoms with Gasteiger partial charge in [0.05, 0.1) is 29.7 Å². The summed E-state index contributed by atoms with van der Waals surface area (Å²) in [6.07, 6.45) is 10.5. The molecule has 0 spiro atoms. The van der Waals surface area contributed by atoms with Crippen LogP contribution in [-0.2, 0) is 12.8 Å². The van der Waals surface area contributed by atoms with Crippen LogP contribution in [0.1, 0.15) is 67.1 Å². The highest BCUT2D eigenvalue weighted by atomic mass is 15.1. The van der Waals surface area contributed by atoms with Gasteiger partial charge < -0.3 is 20.6 Å². The minimum absolute atomic E-state index is 0.388. The lowest BCUT2D eigenvalue weighted by atomic mass is 9.95. The first kappa shape index (κ1) is 20.8. The highest BCUT2D eigenvalue weighted by molar-refractivity contribution is 5.77. The van der Waals surface area contributed by atoms with Crippen LogP contribution in [-0.4, -0.2) is 32.0 Å². The Balaban J connectivity index is 1.00. The van der Waals surface area contributed by atoms with E-state index in [0.717, 1.165) is 54.1 Å². The molecule has 2 saturated carbocycles. The largest absolute Gasteiger partial charge is 0.344 e. The Bertz CT molecular complexity index is 1490. The maximum absolute atomic E-state index is 5.19. The van der Waals surface area contributed by atoms with E-state index in [1.165, 1.54) is 71.3 Å². The molecule has 3 aliphatic carbocycles. The zero-order valence-corrected chi connectivity index (χ0v) is 20.9. The molecule has 4 aromatic rings. The van der Waals surface area contributed by atoms with Crippen molar-refractivity contribution in [3.8, 4) is 33.6 Å². The summed E-state index contributed by atoms with van der Waals surface area (Å²) in [5.41, 5.74) is 9.98. The third-order valence-corrected chi connectivity index (χ3v) is 9.57. The molecule has 0 radical (unpaired) electrons. The molecule has 2 aromatic heterocycles. The Morgan fingerprint density at radius 2 is 1.43 bits per heavy atom. The van der Waals surface area contributed by atoms with Gasteiger partial charge >= 0.3 is 0 Å². The number of rotatable bonds is 4. The van der Waals surface area contributed by atoms with Gasteiger partial charge in [0.2, 0.25) is 0 Å². The van der Waals surface area contributed by atoms with Crippen molar-refractivity contribution in [3.05, 3.63) is 71.6 Å². The van der Waals surface area contributed by atoms with E-state index in [4.69, 9.17) is 9.97 Å². The summed E-state index contributed by atoms with van der Waals surface area (Å²) >= 11 is 0. The predicted octanol–water partition coefficient (Wildman–Crippen LogP) is 5.47. The summed E-state index contributed by atoms with van der Waals surface area (Å²) < 4.78 is 0. The van der Waals surface area contributed by atoms with Gasteiger partial charge in [0, 0.05) is 23.3 Å². The van der Waals surface area contributed by atoms with Crippen molar-refractivity contribution in [2.24, 2.45) is 11.8 Å². The van der Waals surface area contributed by atoms with Crippen molar-refractivity contribution in [1.29, 1.82) is 0 Å². The van der Waals surface area contributed by atoms with Crippen molar-refractivity contribution >= 4 is 0 Å². The molecule has 4 fully saturated rings. The van der Waals surface area contributed by atoms with Crippen LogP contribution in [0.15, 0.2) is 48.7 Å². The zero-order chi connectivity index (χ0) is 24.1. The number of nitrogens with one attached hydrogen (secondary N) is 4. The zero-order valence-electron chi connectivity index (χ0n) is 20.9. The van der Waals surface area contributed by atoms with E-state index in [1.54, 1.807) is 0 Å². The third kappa shape index (κ3) is 3.46. The molecule has 6 heteroatoms. The summed E-state index contributed by atoms with van der Waals surface area (Å²) in [7, 11) is 0. The van der Waals surface area contributed by atoms with Crippen LogP contribution in [0, 0.1) is 11.8 Å². The molecule has 6 atom stereocenters. The average molecular weight is 489 g/mol. The lowest BCUT2D eigenvalue weighted by molar-refractivity contribution is 0.542. The number of nitrogens with zero attached hydrogens (tertiary/aromatic N) is 2. The number of piperidine rings is 2. The molecule has 6 nitrogen and oxygen atoms in total. The van der Waals surface area contributed by atoms with Gasteiger partial charge in [-0.3, -0.25) is 0 Å². The van der Waals surface area contributed by atoms with Gasteiger partial charge in [-0.1, -0.05) is 36.4 Å². The van der Waals surface area contributed by atoms with Crippen molar-refractivity contribution in [3.63, 3.8) is 0 Å². The SMILES string of the molecule is c1cc(-c2cnc([C@@H]3C[C@@H]4C[C@@H]4N3)[nH]2)ccc1-c1ccc2c(c1)-c1nc([C@@H]3C[C@@H]4C[C@@H]4N3)[nH]c1CCC2. The number of H-pyrrole nitrogens is 2. The molecule has 0 bridgehead atoms. The van der Waals surface area contributed by atoms with E-state index >= 15 is 0 Å². The van der Waals surface area contributed by atoms with Gasteiger partial charge in [0.1, 0.15) is 11.6 Å². The van der Waals surface area contributed by atoms with E-state index in [2.05, 4.69) is 63.1 Å². The number of fused-ring (bicyclic) bond motifs is 5. The van der Waals surface area contributed by atoms with Crippen LogP contribution in [0.4, 0.5) is 0 Å². The molecule has 4 N–H and O–H groups in total. The first-order valence-electron chi connectivity index (χ1n) is 14.1. The lowest BCUT2D eigenvalue weighted by Crippen LogP contribution is -2.18. The van der Waals surface area contributed by atoms with Gasteiger partial charge in [0.25, 0.3) is 0 Å². The maximum Gasteiger partial charge on any atom is 0.124 e. The first-order chi connectivity index (χ1) is 18.2. The van der Waals surface area contributed by atoms with Gasteiger partial charge in [-0.25, -0.2) is 9.97 Å². The van der Waals surface area contributed by atoms with Crippen molar-refractivity contribution in [1.82, 2.24) is 30.6 Å². The van der Waals surface area contributed by atoms with Crippen molar-refractivity contribution in [2.45, 2.75) is 69.1 Å². The predicted molar refractivity (Wildman–Crippen MR) is 144 cm³/mol. The Kier molecular flexibility index (Phi) is 4.30. The average Bonchev–Trinajstić information content (AvgIpc) is 3.52. The van der Waals surface area contributed by atoms with Gasteiger partial charge in [0.15, 0.2) is 0 Å². The Hall–Kier alpha value is -3.22. The summed E-state index contributed by atoms with van der Waals surface area (Å²) in [6.45, 7) is 0. The van der Waals surface area contributed by atoms with E-state index in [9.17, 15) is 0 Å². The molecular weight excluding hydrogens is 456 g/mol. The number of aryl methyl sites for hydroxylation is 2. The number of aromatic amines is 2. The topological polar surface area (TPSA) is 81.4 Å². The second kappa shape index (κ2) is 7.65. The minimum Gasteiger partial charge on any atom is -0.344 e. The Morgan fingerprint density at radius 3 is 2.19 bits per heavy atom. The summed E-state index contributed by atoms with van der Waals surface area (Å²) in [4.78, 5) is 17.2. The molecule has 9 rings (SSSR count). The molecule has 4 heterocycles. The molecule has 37 heavy (non-hydrogen) atoms. The summed E-state index contributed by atoms with van der Waals surface area (Å²) in [5.74, 6) is 3.96. The number of hydrogen-bond donors (Lipinski definition) is 4. The van der Waals surface area contributed by atoms with Gasteiger partial charge in [-0.2, -0.15) is 0 Å². The van der Waals surface area contributed by atoms with Crippen LogP contribution in [0.3, 0.4) is 0 Å². The number of hydrogen-bond acceptors (Lipinski definition) is 4. The van der Waals surface area contributed by atoms with E-state index in [-0.39, 0.29) is 0 Å². The van der Waals surface area contributed by atoms with Crippen LogP contribution >= 0.6 is 0 Å².